The van der Waals surface area contributed by atoms with Crippen LogP contribution in [0, 0.1) is 5.92 Å². The number of allylic oxidation sites excluding steroid dienone is 8. The molecule has 1 heteroatoms. The molecule has 1 rings (SSSR count). The van der Waals surface area contributed by atoms with Crippen molar-refractivity contribution in [2.24, 2.45) is 5.92 Å². The molecule has 0 radical (unpaired) electrons. The van der Waals surface area contributed by atoms with Gasteiger partial charge in [-0.15, -0.1) is 12.6 Å². The fourth-order valence-corrected chi connectivity index (χ4v) is 1.91. The predicted molar refractivity (Wildman–Crippen MR) is 67.4 cm³/mol. The fourth-order valence-electron chi connectivity index (χ4n) is 1.41. The van der Waals surface area contributed by atoms with Crippen molar-refractivity contribution in [1.29, 1.82) is 0 Å². The topological polar surface area (TPSA) is 0 Å². The van der Waals surface area contributed by atoms with Crippen LogP contribution >= 0.6 is 12.6 Å². The number of hydrogen-bond acceptors (Lipinski definition) is 1. The summed E-state index contributed by atoms with van der Waals surface area (Å²) in [7, 11) is 0. The van der Waals surface area contributed by atoms with E-state index in [0.29, 0.717) is 5.92 Å². The smallest absolute Gasteiger partial charge is 0.0100 e. The second-order valence-corrected chi connectivity index (χ2v) is 4.06. The van der Waals surface area contributed by atoms with E-state index in [1.165, 1.54) is 0 Å². The second kappa shape index (κ2) is 5.06. The zero-order valence-electron chi connectivity index (χ0n) is 8.53. The molecule has 0 saturated heterocycles. The van der Waals surface area contributed by atoms with Gasteiger partial charge in [-0.3, -0.25) is 0 Å². The van der Waals surface area contributed by atoms with E-state index in [-0.39, 0.29) is 0 Å². The van der Waals surface area contributed by atoms with E-state index in [1.807, 2.05) is 12.2 Å². The van der Waals surface area contributed by atoms with Gasteiger partial charge >= 0.3 is 0 Å². The Bertz CT molecular complexity index is 329. The molecule has 0 bridgehead atoms. The van der Waals surface area contributed by atoms with E-state index in [1.54, 1.807) is 6.08 Å². The molecule has 0 spiro atoms. The molecule has 1 atom stereocenters. The molecule has 0 heterocycles. The Labute approximate surface area is 91.8 Å². The van der Waals surface area contributed by atoms with Crippen LogP contribution in [0.4, 0.5) is 0 Å². The summed E-state index contributed by atoms with van der Waals surface area (Å²) in [6.45, 7) is 9.81. The molecule has 0 amide bonds. The molecule has 0 saturated carbocycles. The van der Waals surface area contributed by atoms with Crippen LogP contribution in [0.1, 0.15) is 13.3 Å². The quantitative estimate of drug-likeness (QED) is 0.520. The molecule has 0 N–H and O–H groups in total. The van der Waals surface area contributed by atoms with Crippen molar-refractivity contribution in [1.82, 2.24) is 0 Å². The van der Waals surface area contributed by atoms with Crippen LogP contribution in [0.25, 0.3) is 0 Å². The van der Waals surface area contributed by atoms with Crippen molar-refractivity contribution in [2.45, 2.75) is 13.3 Å². The van der Waals surface area contributed by atoms with Crippen molar-refractivity contribution in [3.05, 3.63) is 59.6 Å². The molecule has 1 unspecified atom stereocenters. The standard InChI is InChI=1S/C13H16S/c1-4-5-6-11(3)12-8-7-10(2)9-13(12)14/h4-8,10,14H,1,3,9H2,2H3/b6-5-. The van der Waals surface area contributed by atoms with E-state index in [2.05, 4.69) is 44.9 Å². The summed E-state index contributed by atoms with van der Waals surface area (Å²) in [4.78, 5) is 1.12. The maximum atomic E-state index is 4.48. The molecule has 0 aromatic heterocycles. The van der Waals surface area contributed by atoms with Crippen LogP contribution in [-0.2, 0) is 0 Å². The summed E-state index contributed by atoms with van der Waals surface area (Å²) in [5.41, 5.74) is 2.14. The maximum absolute atomic E-state index is 4.48. The maximum Gasteiger partial charge on any atom is -0.0100 e. The van der Waals surface area contributed by atoms with Gasteiger partial charge in [0.15, 0.2) is 0 Å². The monoisotopic (exact) mass is 204 g/mol. The number of thiol groups is 1. The van der Waals surface area contributed by atoms with Crippen molar-refractivity contribution in [3.63, 3.8) is 0 Å². The zero-order valence-corrected chi connectivity index (χ0v) is 9.43. The van der Waals surface area contributed by atoms with E-state index in [4.69, 9.17) is 0 Å². The van der Waals surface area contributed by atoms with Gasteiger partial charge in [-0.05, 0) is 28.4 Å². The molecule has 0 fully saturated rings. The molecule has 0 aromatic rings. The lowest BCUT2D eigenvalue weighted by Crippen LogP contribution is -1.99. The molecule has 0 nitrogen and oxygen atoms in total. The summed E-state index contributed by atoms with van der Waals surface area (Å²) >= 11 is 4.48. The summed E-state index contributed by atoms with van der Waals surface area (Å²) in [5, 5.41) is 0. The summed E-state index contributed by atoms with van der Waals surface area (Å²) < 4.78 is 0. The number of hydrogen-bond donors (Lipinski definition) is 1. The minimum absolute atomic E-state index is 0.586. The van der Waals surface area contributed by atoms with Gasteiger partial charge in [-0.25, -0.2) is 0 Å². The predicted octanol–water partition coefficient (Wildman–Crippen LogP) is 4.06. The van der Waals surface area contributed by atoms with Crippen molar-refractivity contribution in [2.75, 3.05) is 0 Å². The van der Waals surface area contributed by atoms with Crippen molar-refractivity contribution < 1.29 is 0 Å². The molecule has 0 aromatic carbocycles. The van der Waals surface area contributed by atoms with Crippen LogP contribution in [0.2, 0.25) is 0 Å². The van der Waals surface area contributed by atoms with Crippen LogP contribution in [0.3, 0.4) is 0 Å². The first kappa shape index (κ1) is 11.1. The van der Waals surface area contributed by atoms with Crippen LogP contribution < -0.4 is 0 Å². The highest BCUT2D eigenvalue weighted by Gasteiger charge is 2.10. The molecule has 1 aliphatic rings. The second-order valence-electron chi connectivity index (χ2n) is 3.52. The largest absolute Gasteiger partial charge is 0.147 e. The third-order valence-corrected chi connectivity index (χ3v) is 2.62. The Morgan fingerprint density at radius 1 is 1.64 bits per heavy atom. The van der Waals surface area contributed by atoms with Crippen LogP contribution in [0.5, 0.6) is 0 Å². The van der Waals surface area contributed by atoms with Crippen molar-refractivity contribution in [3.8, 4) is 0 Å². The third-order valence-electron chi connectivity index (χ3n) is 2.20. The molecule has 0 aliphatic heterocycles. The first-order valence-corrected chi connectivity index (χ1v) is 5.18. The fraction of sp³-hybridized carbons (Fsp3) is 0.231. The molecular weight excluding hydrogens is 188 g/mol. The Morgan fingerprint density at radius 3 is 2.93 bits per heavy atom. The summed E-state index contributed by atoms with van der Waals surface area (Å²) in [5.74, 6) is 0.586. The van der Waals surface area contributed by atoms with Gasteiger partial charge in [0.2, 0.25) is 0 Å². The average Bonchev–Trinajstić information content (AvgIpc) is 2.14. The van der Waals surface area contributed by atoms with Gasteiger partial charge in [0.1, 0.15) is 0 Å². The Balaban J connectivity index is 2.83. The van der Waals surface area contributed by atoms with Gasteiger partial charge in [-0.2, -0.15) is 0 Å². The van der Waals surface area contributed by atoms with Gasteiger partial charge in [0, 0.05) is 0 Å². The Morgan fingerprint density at radius 2 is 2.36 bits per heavy atom. The lowest BCUT2D eigenvalue weighted by molar-refractivity contribution is 0.726. The minimum atomic E-state index is 0.586. The summed E-state index contributed by atoms with van der Waals surface area (Å²) in [6, 6.07) is 0. The SMILES string of the molecule is C=C/C=C\C(=C)C1=C(S)CC(C)C=C1. The van der Waals surface area contributed by atoms with E-state index >= 15 is 0 Å². The van der Waals surface area contributed by atoms with Gasteiger partial charge < -0.3 is 0 Å². The molecular formula is C13H16S. The lowest BCUT2D eigenvalue weighted by Gasteiger charge is -2.16. The highest BCUT2D eigenvalue weighted by atomic mass is 32.1. The Hall–Kier alpha value is -0.950. The van der Waals surface area contributed by atoms with Crippen LogP contribution in [0.15, 0.2) is 59.6 Å². The van der Waals surface area contributed by atoms with Gasteiger partial charge in [0.05, 0.1) is 0 Å². The number of rotatable bonds is 3. The third kappa shape index (κ3) is 2.78. The highest BCUT2D eigenvalue weighted by molar-refractivity contribution is 7.84. The molecule has 1 aliphatic carbocycles. The lowest BCUT2D eigenvalue weighted by atomic mass is 9.94. The zero-order chi connectivity index (χ0) is 10.6. The van der Waals surface area contributed by atoms with Crippen LogP contribution in [-0.4, -0.2) is 0 Å². The first-order chi connectivity index (χ1) is 6.65. The van der Waals surface area contributed by atoms with E-state index in [9.17, 15) is 0 Å². The van der Waals surface area contributed by atoms with Gasteiger partial charge in [-0.1, -0.05) is 50.5 Å². The van der Waals surface area contributed by atoms with E-state index < -0.39 is 0 Å². The minimum Gasteiger partial charge on any atom is -0.147 e. The first-order valence-electron chi connectivity index (χ1n) is 4.74. The Kier molecular flexibility index (Phi) is 4.02. The summed E-state index contributed by atoms with van der Waals surface area (Å²) in [6.07, 6.45) is 10.9. The van der Waals surface area contributed by atoms with Gasteiger partial charge in [0.25, 0.3) is 0 Å². The highest BCUT2D eigenvalue weighted by Crippen LogP contribution is 2.29. The molecule has 14 heavy (non-hydrogen) atoms. The van der Waals surface area contributed by atoms with E-state index in [0.717, 1.165) is 22.5 Å². The average molecular weight is 204 g/mol. The molecule has 74 valence electrons. The van der Waals surface area contributed by atoms with Crippen molar-refractivity contribution >= 4 is 12.6 Å². The normalized spacial score (nSPS) is 21.7.